The Morgan fingerprint density at radius 1 is 1.31 bits per heavy atom. The zero-order valence-electron chi connectivity index (χ0n) is 10.3. The summed E-state index contributed by atoms with van der Waals surface area (Å²) in [5, 5.41) is 0. The van der Waals surface area contributed by atoms with E-state index < -0.39 is 0 Å². The molecule has 2 N–H and O–H groups in total. The third kappa shape index (κ3) is 3.20. The number of nitrogen functional groups attached to an aromatic ring is 1. The highest BCUT2D eigenvalue weighted by Gasteiger charge is 2.11. The van der Waals surface area contributed by atoms with Gasteiger partial charge in [0.2, 0.25) is 0 Å². The number of anilines is 1. The van der Waals surface area contributed by atoms with Gasteiger partial charge in [-0.15, -0.1) is 0 Å². The molecule has 0 fully saturated rings. The lowest BCUT2D eigenvalue weighted by molar-refractivity contribution is 0.221. The molecule has 0 aliphatic rings. The standard InChI is InChI=1S/C13H21FN2/c1-4-11(5-2)16(3)9-10-6-7-13(15)12(14)8-10/h6-8,11H,4-5,9,15H2,1-3H3. The molecule has 1 aromatic rings. The van der Waals surface area contributed by atoms with Crippen LogP contribution in [-0.4, -0.2) is 18.0 Å². The molecule has 0 spiro atoms. The number of rotatable bonds is 5. The summed E-state index contributed by atoms with van der Waals surface area (Å²) in [4.78, 5) is 2.25. The van der Waals surface area contributed by atoms with Crippen LogP contribution >= 0.6 is 0 Å². The minimum Gasteiger partial charge on any atom is -0.396 e. The molecule has 90 valence electrons. The summed E-state index contributed by atoms with van der Waals surface area (Å²) in [6.45, 7) is 5.12. The molecule has 0 unspecified atom stereocenters. The van der Waals surface area contributed by atoms with E-state index in [9.17, 15) is 4.39 Å². The second-order valence-corrected chi connectivity index (χ2v) is 4.24. The van der Waals surface area contributed by atoms with E-state index in [0.29, 0.717) is 6.04 Å². The average Bonchev–Trinajstić information content (AvgIpc) is 2.25. The van der Waals surface area contributed by atoms with Gasteiger partial charge in [0, 0.05) is 12.6 Å². The molecule has 3 heteroatoms. The van der Waals surface area contributed by atoms with Crippen molar-refractivity contribution in [1.82, 2.24) is 4.90 Å². The Morgan fingerprint density at radius 2 is 1.94 bits per heavy atom. The van der Waals surface area contributed by atoms with Gasteiger partial charge in [-0.25, -0.2) is 4.39 Å². The van der Waals surface area contributed by atoms with Gasteiger partial charge < -0.3 is 5.73 Å². The predicted octanol–water partition coefficient (Wildman–Crippen LogP) is 3.03. The third-order valence-corrected chi connectivity index (χ3v) is 3.06. The Morgan fingerprint density at radius 3 is 2.44 bits per heavy atom. The molecule has 0 atom stereocenters. The summed E-state index contributed by atoms with van der Waals surface area (Å²) in [5.41, 5.74) is 6.63. The number of halogens is 1. The Balaban J connectivity index is 2.69. The predicted molar refractivity (Wildman–Crippen MR) is 66.6 cm³/mol. The van der Waals surface area contributed by atoms with E-state index >= 15 is 0 Å². The Bertz CT molecular complexity index is 335. The van der Waals surface area contributed by atoms with Gasteiger partial charge in [0.05, 0.1) is 5.69 Å². The van der Waals surface area contributed by atoms with Crippen molar-refractivity contribution in [3.8, 4) is 0 Å². The Labute approximate surface area is 97.3 Å². The molecule has 16 heavy (non-hydrogen) atoms. The van der Waals surface area contributed by atoms with E-state index in [-0.39, 0.29) is 11.5 Å². The quantitative estimate of drug-likeness (QED) is 0.779. The normalized spacial score (nSPS) is 11.4. The van der Waals surface area contributed by atoms with Crippen LogP contribution in [-0.2, 0) is 6.54 Å². The highest BCUT2D eigenvalue weighted by atomic mass is 19.1. The minimum absolute atomic E-state index is 0.217. The van der Waals surface area contributed by atoms with E-state index in [4.69, 9.17) is 5.73 Å². The third-order valence-electron chi connectivity index (χ3n) is 3.06. The molecule has 1 rings (SSSR count). The Hall–Kier alpha value is -1.09. The van der Waals surface area contributed by atoms with Crippen LogP contribution in [0.4, 0.5) is 10.1 Å². The molecule has 1 aromatic carbocycles. The van der Waals surface area contributed by atoms with Crippen LogP contribution in [0.15, 0.2) is 18.2 Å². The first-order chi connectivity index (χ1) is 7.58. The van der Waals surface area contributed by atoms with Crippen LogP contribution in [0.3, 0.4) is 0 Å². The van der Waals surface area contributed by atoms with E-state index in [0.717, 1.165) is 24.9 Å². The molecular formula is C13H21FN2. The number of benzene rings is 1. The lowest BCUT2D eigenvalue weighted by Crippen LogP contribution is -2.30. The van der Waals surface area contributed by atoms with E-state index in [1.54, 1.807) is 6.07 Å². The number of hydrogen-bond acceptors (Lipinski definition) is 2. The second-order valence-electron chi connectivity index (χ2n) is 4.24. The molecule has 0 aliphatic carbocycles. The Kier molecular flexibility index (Phi) is 4.74. The second kappa shape index (κ2) is 5.85. The first-order valence-electron chi connectivity index (χ1n) is 5.82. The van der Waals surface area contributed by atoms with Gasteiger partial charge in [-0.1, -0.05) is 19.9 Å². The highest BCUT2D eigenvalue weighted by molar-refractivity contribution is 5.41. The van der Waals surface area contributed by atoms with Crippen molar-refractivity contribution < 1.29 is 4.39 Å². The van der Waals surface area contributed by atoms with Crippen molar-refractivity contribution in [2.75, 3.05) is 12.8 Å². The van der Waals surface area contributed by atoms with Crippen LogP contribution in [0.25, 0.3) is 0 Å². The lowest BCUT2D eigenvalue weighted by atomic mass is 10.1. The van der Waals surface area contributed by atoms with E-state index in [1.165, 1.54) is 6.07 Å². The van der Waals surface area contributed by atoms with Gasteiger partial charge in [-0.2, -0.15) is 0 Å². The van der Waals surface area contributed by atoms with Gasteiger partial charge in [-0.3, -0.25) is 4.90 Å². The van der Waals surface area contributed by atoms with Gasteiger partial charge >= 0.3 is 0 Å². The molecule has 0 amide bonds. The molecule has 0 heterocycles. The maximum absolute atomic E-state index is 13.3. The summed E-state index contributed by atoms with van der Waals surface area (Å²) in [6.07, 6.45) is 2.23. The SMILES string of the molecule is CCC(CC)N(C)Cc1ccc(N)c(F)c1. The fourth-order valence-corrected chi connectivity index (χ4v) is 2.00. The average molecular weight is 224 g/mol. The molecule has 0 aliphatic heterocycles. The van der Waals surface area contributed by atoms with Crippen molar-refractivity contribution >= 4 is 5.69 Å². The van der Waals surface area contributed by atoms with Crippen LogP contribution < -0.4 is 5.73 Å². The van der Waals surface area contributed by atoms with E-state index in [2.05, 4.69) is 25.8 Å². The van der Waals surface area contributed by atoms with Crippen molar-refractivity contribution in [3.63, 3.8) is 0 Å². The monoisotopic (exact) mass is 224 g/mol. The smallest absolute Gasteiger partial charge is 0.146 e. The first kappa shape index (κ1) is 13.0. The van der Waals surface area contributed by atoms with Crippen molar-refractivity contribution in [1.29, 1.82) is 0 Å². The summed E-state index contributed by atoms with van der Waals surface area (Å²) in [6, 6.07) is 5.59. The van der Waals surface area contributed by atoms with E-state index in [1.807, 2.05) is 6.07 Å². The molecule has 0 saturated heterocycles. The fourth-order valence-electron chi connectivity index (χ4n) is 2.00. The van der Waals surface area contributed by atoms with Gasteiger partial charge in [0.15, 0.2) is 0 Å². The topological polar surface area (TPSA) is 29.3 Å². The fraction of sp³-hybridized carbons (Fsp3) is 0.538. The maximum Gasteiger partial charge on any atom is 0.146 e. The van der Waals surface area contributed by atoms with Crippen LogP contribution in [0, 0.1) is 5.82 Å². The van der Waals surface area contributed by atoms with Gasteiger partial charge in [0.25, 0.3) is 0 Å². The maximum atomic E-state index is 13.3. The summed E-state index contributed by atoms with van der Waals surface area (Å²) in [7, 11) is 2.08. The number of nitrogens with two attached hydrogens (primary N) is 1. The summed E-state index contributed by atoms with van der Waals surface area (Å²) in [5.74, 6) is -0.324. The molecule has 0 bridgehead atoms. The molecule has 2 nitrogen and oxygen atoms in total. The van der Waals surface area contributed by atoms with Crippen molar-refractivity contribution in [2.45, 2.75) is 39.3 Å². The van der Waals surface area contributed by atoms with Crippen LogP contribution in [0.1, 0.15) is 32.3 Å². The number of hydrogen-bond donors (Lipinski definition) is 1. The summed E-state index contributed by atoms with van der Waals surface area (Å²) >= 11 is 0. The molecular weight excluding hydrogens is 203 g/mol. The van der Waals surface area contributed by atoms with Crippen molar-refractivity contribution in [3.05, 3.63) is 29.6 Å². The minimum atomic E-state index is -0.324. The lowest BCUT2D eigenvalue weighted by Gasteiger charge is -2.26. The van der Waals surface area contributed by atoms with Gasteiger partial charge in [0.1, 0.15) is 5.82 Å². The number of nitrogens with zero attached hydrogens (tertiary/aromatic N) is 1. The van der Waals surface area contributed by atoms with Gasteiger partial charge in [-0.05, 0) is 37.6 Å². The molecule has 0 saturated carbocycles. The molecule has 0 radical (unpaired) electrons. The highest BCUT2D eigenvalue weighted by Crippen LogP contribution is 2.15. The van der Waals surface area contributed by atoms with Crippen molar-refractivity contribution in [2.24, 2.45) is 0 Å². The molecule has 0 aromatic heterocycles. The zero-order chi connectivity index (χ0) is 12.1. The van der Waals surface area contributed by atoms with Crippen LogP contribution in [0.5, 0.6) is 0 Å². The first-order valence-corrected chi connectivity index (χ1v) is 5.82. The largest absolute Gasteiger partial charge is 0.396 e. The van der Waals surface area contributed by atoms with Crippen LogP contribution in [0.2, 0.25) is 0 Å². The zero-order valence-corrected chi connectivity index (χ0v) is 10.3. The summed E-state index contributed by atoms with van der Waals surface area (Å²) < 4.78 is 13.3.